The maximum absolute atomic E-state index is 12.5. The molecule has 2 amide bonds. The molecule has 1 aromatic heterocycles. The minimum absolute atomic E-state index is 0.198. The molecule has 2 aliphatic rings. The first-order valence-electron chi connectivity index (χ1n) is 9.77. The van der Waals surface area contributed by atoms with Gasteiger partial charge in [-0.2, -0.15) is 5.10 Å². The lowest BCUT2D eigenvalue weighted by Gasteiger charge is -2.27. The van der Waals surface area contributed by atoms with Crippen molar-refractivity contribution < 1.29 is 23.8 Å². The standard InChI is InChI=1S/C21H24N4O5/c1-20(2)29-17-16(11-22-19(27)15-9-6-10-24-25-15)28-13-21(17,30-20)12-23-18(26)14-7-4-3-5-8-14/h3-10,16-17H,11-13H2,1-2H3,(H,22,27)(H,23,26)/t16-,17-,21+/m1/s1. The summed E-state index contributed by atoms with van der Waals surface area (Å²) in [4.78, 5) is 24.8. The Morgan fingerprint density at radius 2 is 1.90 bits per heavy atom. The zero-order valence-electron chi connectivity index (χ0n) is 16.8. The largest absolute Gasteiger partial charge is 0.370 e. The fraction of sp³-hybridized carbons (Fsp3) is 0.429. The van der Waals surface area contributed by atoms with Gasteiger partial charge in [-0.1, -0.05) is 18.2 Å². The average Bonchev–Trinajstić information content (AvgIpc) is 3.21. The van der Waals surface area contributed by atoms with Crippen LogP contribution in [0, 0.1) is 0 Å². The van der Waals surface area contributed by atoms with Crippen LogP contribution in [0.15, 0.2) is 48.7 Å². The summed E-state index contributed by atoms with van der Waals surface area (Å²) in [5, 5.41) is 13.2. The van der Waals surface area contributed by atoms with E-state index in [4.69, 9.17) is 14.2 Å². The second-order valence-electron chi connectivity index (χ2n) is 7.82. The molecular weight excluding hydrogens is 388 g/mol. The zero-order chi connectivity index (χ0) is 21.2. The van der Waals surface area contributed by atoms with Crippen molar-refractivity contribution in [3.05, 3.63) is 59.9 Å². The van der Waals surface area contributed by atoms with E-state index in [0.29, 0.717) is 5.56 Å². The van der Waals surface area contributed by atoms with Crippen LogP contribution in [0.25, 0.3) is 0 Å². The molecule has 3 heterocycles. The Labute approximate surface area is 174 Å². The molecule has 158 valence electrons. The summed E-state index contributed by atoms with van der Waals surface area (Å²) in [6.45, 7) is 4.32. The smallest absolute Gasteiger partial charge is 0.271 e. The maximum atomic E-state index is 12.5. The highest BCUT2D eigenvalue weighted by atomic mass is 16.8. The second kappa shape index (κ2) is 8.10. The molecule has 0 radical (unpaired) electrons. The lowest BCUT2D eigenvalue weighted by Crippen LogP contribution is -2.52. The van der Waals surface area contributed by atoms with Crippen LogP contribution >= 0.6 is 0 Å². The molecule has 0 spiro atoms. The number of amides is 2. The van der Waals surface area contributed by atoms with E-state index in [0.717, 1.165) is 0 Å². The molecule has 0 saturated carbocycles. The highest BCUT2D eigenvalue weighted by Crippen LogP contribution is 2.43. The lowest BCUT2D eigenvalue weighted by molar-refractivity contribution is -0.188. The zero-order valence-corrected chi connectivity index (χ0v) is 16.8. The number of fused-ring (bicyclic) bond motifs is 1. The van der Waals surface area contributed by atoms with Gasteiger partial charge in [0.1, 0.15) is 17.8 Å². The van der Waals surface area contributed by atoms with Crippen LogP contribution in [-0.4, -0.2) is 65.3 Å². The van der Waals surface area contributed by atoms with Crippen LogP contribution in [0.2, 0.25) is 0 Å². The fourth-order valence-corrected chi connectivity index (χ4v) is 3.83. The van der Waals surface area contributed by atoms with Gasteiger partial charge in [-0.05, 0) is 38.1 Å². The highest BCUT2D eigenvalue weighted by Gasteiger charge is 2.61. The van der Waals surface area contributed by atoms with E-state index in [2.05, 4.69) is 20.8 Å². The van der Waals surface area contributed by atoms with Gasteiger partial charge in [-0.15, -0.1) is 5.10 Å². The van der Waals surface area contributed by atoms with Crippen molar-refractivity contribution in [1.82, 2.24) is 20.8 Å². The number of nitrogens with zero attached hydrogens (tertiary/aromatic N) is 2. The number of hydrogen-bond donors (Lipinski definition) is 2. The Kier molecular flexibility index (Phi) is 5.50. The number of aromatic nitrogens is 2. The highest BCUT2D eigenvalue weighted by molar-refractivity contribution is 5.94. The first kappa shape index (κ1) is 20.4. The third kappa shape index (κ3) is 4.18. The summed E-state index contributed by atoms with van der Waals surface area (Å²) in [7, 11) is 0. The van der Waals surface area contributed by atoms with E-state index in [-0.39, 0.29) is 37.2 Å². The van der Waals surface area contributed by atoms with E-state index >= 15 is 0 Å². The van der Waals surface area contributed by atoms with E-state index in [9.17, 15) is 9.59 Å². The number of hydrogen-bond acceptors (Lipinski definition) is 7. The molecule has 2 fully saturated rings. The predicted octanol–water partition coefficient (Wildman–Crippen LogP) is 0.926. The fourth-order valence-electron chi connectivity index (χ4n) is 3.83. The molecule has 2 saturated heterocycles. The van der Waals surface area contributed by atoms with Gasteiger partial charge in [0.25, 0.3) is 11.8 Å². The first-order valence-corrected chi connectivity index (χ1v) is 9.77. The molecule has 2 aliphatic heterocycles. The molecule has 9 nitrogen and oxygen atoms in total. The Morgan fingerprint density at radius 1 is 1.10 bits per heavy atom. The molecule has 2 N–H and O–H groups in total. The van der Waals surface area contributed by atoms with Crippen LogP contribution in [0.1, 0.15) is 34.7 Å². The van der Waals surface area contributed by atoms with Crippen molar-refractivity contribution in [3.8, 4) is 0 Å². The number of carbonyl (C=O) groups excluding carboxylic acids is 2. The lowest BCUT2D eigenvalue weighted by atomic mass is 9.96. The average molecular weight is 412 g/mol. The van der Waals surface area contributed by atoms with Crippen LogP contribution in [0.4, 0.5) is 0 Å². The van der Waals surface area contributed by atoms with Gasteiger partial charge in [0, 0.05) is 18.3 Å². The van der Waals surface area contributed by atoms with Crippen molar-refractivity contribution in [2.24, 2.45) is 0 Å². The molecule has 0 aliphatic carbocycles. The number of benzene rings is 1. The van der Waals surface area contributed by atoms with Crippen molar-refractivity contribution in [3.63, 3.8) is 0 Å². The Hall–Kier alpha value is -2.88. The Bertz CT molecular complexity index is 908. The van der Waals surface area contributed by atoms with Crippen LogP contribution in [-0.2, 0) is 14.2 Å². The Balaban J connectivity index is 1.41. The topological polar surface area (TPSA) is 112 Å². The molecule has 30 heavy (non-hydrogen) atoms. The summed E-state index contributed by atoms with van der Waals surface area (Å²) >= 11 is 0. The predicted molar refractivity (Wildman–Crippen MR) is 106 cm³/mol. The molecule has 3 atom stereocenters. The summed E-state index contributed by atoms with van der Waals surface area (Å²) < 4.78 is 18.1. The SMILES string of the molecule is CC1(C)O[C@@H]2[C@@H](CNC(=O)c3cccnn3)OC[C@]2(CNC(=O)c2ccccc2)O1. The van der Waals surface area contributed by atoms with Gasteiger partial charge in [-0.3, -0.25) is 9.59 Å². The van der Waals surface area contributed by atoms with E-state index < -0.39 is 23.6 Å². The van der Waals surface area contributed by atoms with Gasteiger partial charge < -0.3 is 24.8 Å². The second-order valence-corrected chi connectivity index (χ2v) is 7.82. The van der Waals surface area contributed by atoms with Crippen LogP contribution < -0.4 is 10.6 Å². The van der Waals surface area contributed by atoms with Gasteiger partial charge in [0.2, 0.25) is 0 Å². The van der Waals surface area contributed by atoms with E-state index in [1.54, 1.807) is 24.3 Å². The van der Waals surface area contributed by atoms with Crippen LogP contribution in [0.5, 0.6) is 0 Å². The van der Waals surface area contributed by atoms with Crippen molar-refractivity contribution in [1.29, 1.82) is 0 Å². The number of nitrogens with one attached hydrogen (secondary N) is 2. The van der Waals surface area contributed by atoms with Crippen molar-refractivity contribution in [2.75, 3.05) is 19.7 Å². The van der Waals surface area contributed by atoms with E-state index in [1.807, 2.05) is 32.0 Å². The number of carbonyl (C=O) groups is 2. The summed E-state index contributed by atoms with van der Waals surface area (Å²) in [6.07, 6.45) is 0.618. The van der Waals surface area contributed by atoms with Gasteiger partial charge >= 0.3 is 0 Å². The molecule has 1 aromatic carbocycles. The Morgan fingerprint density at radius 3 is 2.63 bits per heavy atom. The van der Waals surface area contributed by atoms with Gasteiger partial charge in [0.15, 0.2) is 11.5 Å². The monoisotopic (exact) mass is 412 g/mol. The minimum Gasteiger partial charge on any atom is -0.370 e. The first-order chi connectivity index (χ1) is 14.4. The van der Waals surface area contributed by atoms with Gasteiger partial charge in [-0.25, -0.2) is 0 Å². The summed E-state index contributed by atoms with van der Waals surface area (Å²) in [5.41, 5.74) is -0.0493. The van der Waals surface area contributed by atoms with Crippen LogP contribution in [0.3, 0.4) is 0 Å². The third-order valence-corrected chi connectivity index (χ3v) is 5.11. The normalized spacial score (nSPS) is 26.7. The van der Waals surface area contributed by atoms with Crippen molar-refractivity contribution in [2.45, 2.75) is 37.4 Å². The number of rotatable bonds is 6. The quantitative estimate of drug-likeness (QED) is 0.726. The summed E-state index contributed by atoms with van der Waals surface area (Å²) in [5.74, 6) is -1.38. The molecule has 0 bridgehead atoms. The maximum Gasteiger partial charge on any atom is 0.271 e. The molecule has 9 heteroatoms. The summed E-state index contributed by atoms with van der Waals surface area (Å²) in [6, 6.07) is 12.2. The number of ether oxygens (including phenoxy) is 3. The third-order valence-electron chi connectivity index (χ3n) is 5.11. The molecule has 0 unspecified atom stereocenters. The van der Waals surface area contributed by atoms with Gasteiger partial charge in [0.05, 0.1) is 13.2 Å². The van der Waals surface area contributed by atoms with Crippen molar-refractivity contribution >= 4 is 11.8 Å². The minimum atomic E-state index is -0.837. The molecule has 2 aromatic rings. The molecule has 4 rings (SSSR count). The molecular formula is C21H24N4O5. The van der Waals surface area contributed by atoms with E-state index in [1.165, 1.54) is 6.20 Å².